The molecule has 1 saturated carbocycles. The monoisotopic (exact) mass is 200 g/mol. The van der Waals surface area contributed by atoms with E-state index in [1.54, 1.807) is 0 Å². The van der Waals surface area contributed by atoms with Gasteiger partial charge in [0.15, 0.2) is 0 Å². The Labute approximate surface area is 82.9 Å². The van der Waals surface area contributed by atoms with Crippen LogP contribution in [0.4, 0.5) is 0 Å². The van der Waals surface area contributed by atoms with Crippen LogP contribution in [0.3, 0.4) is 0 Å². The van der Waals surface area contributed by atoms with Gasteiger partial charge in [-0.3, -0.25) is 14.4 Å². The third-order valence-corrected chi connectivity index (χ3v) is 2.67. The highest BCUT2D eigenvalue weighted by Crippen LogP contribution is 2.29. The summed E-state index contributed by atoms with van der Waals surface area (Å²) in [6, 6.07) is 0. The molecule has 1 fully saturated rings. The fourth-order valence-electron chi connectivity index (χ4n) is 1.96. The maximum absolute atomic E-state index is 11.5. The number of amides is 2. The first-order chi connectivity index (χ1) is 6.66. The van der Waals surface area contributed by atoms with Crippen molar-refractivity contribution < 1.29 is 14.4 Å². The Morgan fingerprint density at radius 3 is 2.36 bits per heavy atom. The predicted molar refractivity (Wildman–Crippen MR) is 49.8 cm³/mol. The second kappa shape index (κ2) is 4.95. The number of hydrogen-bond donors (Lipinski definition) is 2. The number of rotatable bonds is 3. The van der Waals surface area contributed by atoms with E-state index in [4.69, 9.17) is 5.73 Å². The summed E-state index contributed by atoms with van der Waals surface area (Å²) in [4.78, 5) is 27.1. The normalized spacial score (nSPS) is 26.9. The van der Waals surface area contributed by atoms with Crippen molar-refractivity contribution in [3.8, 4) is 0 Å². The molecule has 0 heterocycles. The molecule has 0 saturated heterocycles. The van der Waals surface area contributed by atoms with Gasteiger partial charge in [0.1, 0.15) is 0 Å². The molecule has 0 aromatic rings. The molecule has 2 amide bonds. The van der Waals surface area contributed by atoms with Crippen LogP contribution in [0, 0.1) is 11.8 Å². The second-order valence-electron chi connectivity index (χ2n) is 3.57. The van der Waals surface area contributed by atoms with E-state index in [9.17, 15) is 9.59 Å². The maximum atomic E-state index is 11.5. The highest BCUT2D eigenvalue weighted by molar-refractivity contribution is 5.86. The molecule has 2 unspecified atom stereocenters. The van der Waals surface area contributed by atoms with Gasteiger partial charge in [-0.2, -0.15) is 0 Å². The van der Waals surface area contributed by atoms with Crippen molar-refractivity contribution in [2.24, 2.45) is 17.6 Å². The van der Waals surface area contributed by atoms with Gasteiger partial charge in [-0.05, 0) is 12.8 Å². The van der Waals surface area contributed by atoms with Crippen LogP contribution in [0.2, 0.25) is 0 Å². The van der Waals surface area contributed by atoms with Gasteiger partial charge >= 0.3 is 0 Å². The molecule has 5 heteroatoms. The third kappa shape index (κ3) is 2.45. The predicted octanol–water partition coefficient (Wildman–Crippen LogP) is -0.0443. The minimum absolute atomic E-state index is 0.240. The highest BCUT2D eigenvalue weighted by Gasteiger charge is 2.34. The van der Waals surface area contributed by atoms with Crippen molar-refractivity contribution in [3.05, 3.63) is 0 Å². The summed E-state index contributed by atoms with van der Waals surface area (Å²) >= 11 is 0. The molecule has 3 N–H and O–H groups in total. The van der Waals surface area contributed by atoms with Crippen molar-refractivity contribution in [1.82, 2.24) is 5.48 Å². The first kappa shape index (κ1) is 11.0. The molecule has 0 spiro atoms. The van der Waals surface area contributed by atoms with Gasteiger partial charge < -0.3 is 5.73 Å². The smallest absolute Gasteiger partial charge is 0.247 e. The molecule has 14 heavy (non-hydrogen) atoms. The Hall–Kier alpha value is -1.10. The lowest BCUT2D eigenvalue weighted by Crippen LogP contribution is -2.41. The summed E-state index contributed by atoms with van der Waals surface area (Å²) in [6.07, 6.45) is 3.34. The summed E-state index contributed by atoms with van der Waals surface area (Å²) < 4.78 is 0. The van der Waals surface area contributed by atoms with Crippen LogP contribution in [0.25, 0.3) is 0 Å². The van der Waals surface area contributed by atoms with Gasteiger partial charge in [0.2, 0.25) is 11.8 Å². The van der Waals surface area contributed by atoms with Gasteiger partial charge in [-0.1, -0.05) is 12.8 Å². The van der Waals surface area contributed by atoms with E-state index in [1.165, 1.54) is 7.11 Å². The van der Waals surface area contributed by atoms with E-state index in [0.717, 1.165) is 12.8 Å². The van der Waals surface area contributed by atoms with Crippen molar-refractivity contribution >= 4 is 11.8 Å². The molecule has 0 radical (unpaired) electrons. The quantitative estimate of drug-likeness (QED) is 0.627. The summed E-state index contributed by atoms with van der Waals surface area (Å²) in [7, 11) is 1.38. The van der Waals surface area contributed by atoms with E-state index in [1.807, 2.05) is 0 Å². The fourth-order valence-corrected chi connectivity index (χ4v) is 1.96. The second-order valence-corrected chi connectivity index (χ2v) is 3.57. The number of carbonyl (C=O) groups is 2. The van der Waals surface area contributed by atoms with Gasteiger partial charge in [0.25, 0.3) is 0 Å². The molecule has 1 aliphatic carbocycles. The average Bonchev–Trinajstić information content (AvgIpc) is 2.18. The summed E-state index contributed by atoms with van der Waals surface area (Å²) in [5.41, 5.74) is 7.49. The van der Waals surface area contributed by atoms with Crippen LogP contribution in [-0.4, -0.2) is 18.9 Å². The molecule has 0 bridgehead atoms. The zero-order valence-corrected chi connectivity index (χ0v) is 8.29. The molecule has 0 aromatic carbocycles. The molecule has 1 rings (SSSR count). The maximum Gasteiger partial charge on any atom is 0.247 e. The molecule has 80 valence electrons. The molecule has 0 aliphatic heterocycles. The Kier molecular flexibility index (Phi) is 3.88. The van der Waals surface area contributed by atoms with Gasteiger partial charge in [-0.15, -0.1) is 0 Å². The SMILES string of the molecule is CONC(=O)C1CCCCC1C(N)=O. The Bertz CT molecular complexity index is 230. The lowest BCUT2D eigenvalue weighted by molar-refractivity contribution is -0.142. The van der Waals surface area contributed by atoms with E-state index < -0.39 is 0 Å². The van der Waals surface area contributed by atoms with E-state index in [-0.39, 0.29) is 23.7 Å². The highest BCUT2D eigenvalue weighted by atomic mass is 16.6. The van der Waals surface area contributed by atoms with Crippen LogP contribution in [0.1, 0.15) is 25.7 Å². The number of nitrogens with one attached hydrogen (secondary N) is 1. The van der Waals surface area contributed by atoms with Crippen LogP contribution in [0.15, 0.2) is 0 Å². The first-order valence-corrected chi connectivity index (χ1v) is 4.79. The summed E-state index contributed by atoms with van der Waals surface area (Å²) in [6.45, 7) is 0. The third-order valence-electron chi connectivity index (χ3n) is 2.67. The van der Waals surface area contributed by atoms with Crippen molar-refractivity contribution in [3.63, 3.8) is 0 Å². The Morgan fingerprint density at radius 1 is 1.29 bits per heavy atom. The number of nitrogens with two attached hydrogens (primary N) is 1. The van der Waals surface area contributed by atoms with Crippen LogP contribution >= 0.6 is 0 Å². The molecule has 5 nitrogen and oxygen atoms in total. The van der Waals surface area contributed by atoms with Crippen LogP contribution in [0.5, 0.6) is 0 Å². The van der Waals surface area contributed by atoms with Crippen molar-refractivity contribution in [2.75, 3.05) is 7.11 Å². The lowest BCUT2D eigenvalue weighted by atomic mass is 9.78. The first-order valence-electron chi connectivity index (χ1n) is 4.79. The average molecular weight is 200 g/mol. The minimum atomic E-state index is -0.388. The Balaban J connectivity index is 2.62. The summed E-state index contributed by atoms with van der Waals surface area (Å²) in [5.74, 6) is -1.28. The number of primary amides is 1. The van der Waals surface area contributed by atoms with E-state index >= 15 is 0 Å². The largest absolute Gasteiger partial charge is 0.369 e. The van der Waals surface area contributed by atoms with Gasteiger partial charge in [0.05, 0.1) is 13.0 Å². The van der Waals surface area contributed by atoms with Gasteiger partial charge in [0, 0.05) is 5.92 Å². The lowest BCUT2D eigenvalue weighted by Gasteiger charge is -2.27. The standard InChI is InChI=1S/C9H16N2O3/c1-14-11-9(13)7-5-3-2-4-6(7)8(10)12/h6-7H,2-5H2,1H3,(H2,10,12)(H,11,13). The van der Waals surface area contributed by atoms with E-state index in [0.29, 0.717) is 12.8 Å². The molecule has 2 atom stereocenters. The molecule has 0 aromatic heterocycles. The zero-order valence-electron chi connectivity index (χ0n) is 8.29. The van der Waals surface area contributed by atoms with Gasteiger partial charge in [-0.25, -0.2) is 5.48 Å². The number of carbonyl (C=O) groups excluding carboxylic acids is 2. The molecule has 1 aliphatic rings. The fraction of sp³-hybridized carbons (Fsp3) is 0.778. The van der Waals surface area contributed by atoms with Crippen LogP contribution < -0.4 is 11.2 Å². The number of hydroxylamine groups is 1. The van der Waals surface area contributed by atoms with Crippen molar-refractivity contribution in [2.45, 2.75) is 25.7 Å². The number of hydrogen-bond acceptors (Lipinski definition) is 3. The topological polar surface area (TPSA) is 81.4 Å². The molecular formula is C9H16N2O3. The molecular weight excluding hydrogens is 184 g/mol. The summed E-state index contributed by atoms with van der Waals surface area (Å²) in [5, 5.41) is 0. The van der Waals surface area contributed by atoms with E-state index in [2.05, 4.69) is 10.3 Å². The van der Waals surface area contributed by atoms with Crippen LogP contribution in [-0.2, 0) is 14.4 Å². The minimum Gasteiger partial charge on any atom is -0.369 e. The van der Waals surface area contributed by atoms with Crippen molar-refractivity contribution in [1.29, 1.82) is 0 Å². The Morgan fingerprint density at radius 2 is 1.86 bits per heavy atom. The zero-order chi connectivity index (χ0) is 10.6.